The molecule has 3 rings (SSSR count). The van der Waals surface area contributed by atoms with Crippen molar-refractivity contribution in [2.45, 2.75) is 43.4 Å². The van der Waals surface area contributed by atoms with Gasteiger partial charge in [0.25, 0.3) is 5.91 Å². The average molecular weight is 380 g/mol. The normalized spacial score (nSPS) is 27.9. The highest BCUT2D eigenvalue weighted by Gasteiger charge is 2.52. The molecule has 1 aliphatic heterocycles. The third kappa shape index (κ3) is 3.60. The van der Waals surface area contributed by atoms with E-state index in [0.717, 1.165) is 19.3 Å². The van der Waals surface area contributed by atoms with Crippen molar-refractivity contribution < 1.29 is 18.7 Å². The number of thioether (sulfide) groups is 1. The number of amides is 2. The SMILES string of the molecule is CO[C@@]12CC[C@@H](NC(=O)CSC)C[C@@H]1N(C(=O)c1ccccc1F)CC2. The summed E-state index contributed by atoms with van der Waals surface area (Å²) in [6.07, 6.45) is 4.86. The molecule has 2 fully saturated rings. The predicted octanol–water partition coefficient (Wildman–Crippen LogP) is 2.46. The number of nitrogens with zero attached hydrogens (tertiary/aromatic N) is 1. The van der Waals surface area contributed by atoms with Gasteiger partial charge in [0.2, 0.25) is 5.91 Å². The molecule has 0 bridgehead atoms. The summed E-state index contributed by atoms with van der Waals surface area (Å²) < 4.78 is 19.9. The number of carbonyl (C=O) groups excluding carboxylic acids is 2. The Balaban J connectivity index is 1.79. The number of hydrogen-bond acceptors (Lipinski definition) is 4. The second kappa shape index (κ2) is 7.96. The zero-order valence-electron chi connectivity index (χ0n) is 15.2. The molecule has 3 atom stereocenters. The molecule has 7 heteroatoms. The Hall–Kier alpha value is -1.60. The molecule has 1 saturated carbocycles. The van der Waals surface area contributed by atoms with Crippen LogP contribution in [-0.2, 0) is 9.53 Å². The maximum absolute atomic E-state index is 14.1. The average Bonchev–Trinajstić information content (AvgIpc) is 3.01. The molecule has 1 N–H and O–H groups in total. The highest BCUT2D eigenvalue weighted by atomic mass is 32.2. The van der Waals surface area contributed by atoms with E-state index in [2.05, 4.69) is 5.32 Å². The van der Waals surface area contributed by atoms with Gasteiger partial charge in [0.15, 0.2) is 0 Å². The highest BCUT2D eigenvalue weighted by molar-refractivity contribution is 7.99. The minimum atomic E-state index is -0.506. The summed E-state index contributed by atoms with van der Waals surface area (Å²) >= 11 is 1.48. The van der Waals surface area contributed by atoms with Crippen LogP contribution in [0.15, 0.2) is 24.3 Å². The molecular weight excluding hydrogens is 355 g/mol. The Labute approximate surface area is 157 Å². The van der Waals surface area contributed by atoms with Crippen molar-refractivity contribution in [1.29, 1.82) is 0 Å². The minimum Gasteiger partial charge on any atom is -0.376 e. The first kappa shape index (κ1) is 19.2. The maximum atomic E-state index is 14.1. The van der Waals surface area contributed by atoms with Crippen LogP contribution in [0.3, 0.4) is 0 Å². The van der Waals surface area contributed by atoms with Crippen molar-refractivity contribution in [3.05, 3.63) is 35.6 Å². The van der Waals surface area contributed by atoms with Gasteiger partial charge in [-0.3, -0.25) is 9.59 Å². The van der Waals surface area contributed by atoms with E-state index < -0.39 is 11.4 Å². The van der Waals surface area contributed by atoms with Crippen LogP contribution in [0, 0.1) is 5.82 Å². The number of halogens is 1. The number of likely N-dealkylation sites (tertiary alicyclic amines) is 1. The molecule has 1 heterocycles. The van der Waals surface area contributed by atoms with E-state index in [1.807, 2.05) is 6.26 Å². The van der Waals surface area contributed by atoms with E-state index in [9.17, 15) is 14.0 Å². The summed E-state index contributed by atoms with van der Waals surface area (Å²) in [5.74, 6) is -0.373. The van der Waals surface area contributed by atoms with Gasteiger partial charge in [-0.2, -0.15) is 11.8 Å². The van der Waals surface area contributed by atoms with Crippen LogP contribution in [0.2, 0.25) is 0 Å². The zero-order chi connectivity index (χ0) is 18.7. The zero-order valence-corrected chi connectivity index (χ0v) is 16.0. The second-order valence-corrected chi connectivity index (χ2v) is 7.85. The van der Waals surface area contributed by atoms with Crippen molar-refractivity contribution in [3.63, 3.8) is 0 Å². The third-order valence-corrected chi connectivity index (χ3v) is 6.15. The number of hydrogen-bond donors (Lipinski definition) is 1. The monoisotopic (exact) mass is 380 g/mol. The number of nitrogens with one attached hydrogen (secondary N) is 1. The highest BCUT2D eigenvalue weighted by Crippen LogP contribution is 2.43. The molecule has 1 aromatic rings. The molecule has 1 aromatic carbocycles. The van der Waals surface area contributed by atoms with E-state index in [1.54, 1.807) is 24.1 Å². The molecule has 0 unspecified atom stereocenters. The summed E-state index contributed by atoms with van der Waals surface area (Å²) in [6.45, 7) is 0.539. The largest absolute Gasteiger partial charge is 0.376 e. The van der Waals surface area contributed by atoms with Gasteiger partial charge in [0, 0.05) is 19.7 Å². The first-order chi connectivity index (χ1) is 12.5. The van der Waals surface area contributed by atoms with E-state index >= 15 is 0 Å². The number of methoxy groups -OCH3 is 1. The molecule has 0 spiro atoms. The summed E-state index contributed by atoms with van der Waals surface area (Å²) in [7, 11) is 1.68. The number of ether oxygens (including phenoxy) is 1. The van der Waals surface area contributed by atoms with Gasteiger partial charge in [-0.25, -0.2) is 4.39 Å². The van der Waals surface area contributed by atoms with Crippen LogP contribution in [0.25, 0.3) is 0 Å². The number of rotatable bonds is 5. The van der Waals surface area contributed by atoms with Crippen LogP contribution in [0.4, 0.5) is 4.39 Å². The van der Waals surface area contributed by atoms with Crippen LogP contribution < -0.4 is 5.32 Å². The smallest absolute Gasteiger partial charge is 0.257 e. The van der Waals surface area contributed by atoms with Gasteiger partial charge in [0.05, 0.1) is 23.0 Å². The maximum Gasteiger partial charge on any atom is 0.257 e. The lowest BCUT2D eigenvalue weighted by atomic mass is 9.78. The van der Waals surface area contributed by atoms with Gasteiger partial charge in [0.1, 0.15) is 5.82 Å². The van der Waals surface area contributed by atoms with Crippen molar-refractivity contribution >= 4 is 23.6 Å². The lowest BCUT2D eigenvalue weighted by Gasteiger charge is -2.43. The first-order valence-electron chi connectivity index (χ1n) is 8.89. The molecule has 1 aliphatic carbocycles. The molecule has 0 aromatic heterocycles. The topological polar surface area (TPSA) is 58.6 Å². The molecule has 2 aliphatic rings. The molecule has 1 saturated heterocycles. The van der Waals surface area contributed by atoms with Gasteiger partial charge >= 0.3 is 0 Å². The Morgan fingerprint density at radius 2 is 2.15 bits per heavy atom. The molecule has 5 nitrogen and oxygen atoms in total. The van der Waals surface area contributed by atoms with Gasteiger partial charge in [-0.05, 0) is 44.1 Å². The lowest BCUT2D eigenvalue weighted by molar-refractivity contribution is -0.120. The van der Waals surface area contributed by atoms with Crippen molar-refractivity contribution in [2.75, 3.05) is 25.7 Å². The van der Waals surface area contributed by atoms with Crippen LogP contribution in [-0.4, -0.2) is 60.1 Å². The van der Waals surface area contributed by atoms with E-state index in [0.29, 0.717) is 18.7 Å². The number of benzene rings is 1. The Morgan fingerprint density at radius 3 is 2.85 bits per heavy atom. The first-order valence-corrected chi connectivity index (χ1v) is 10.3. The second-order valence-electron chi connectivity index (χ2n) is 6.98. The Morgan fingerprint density at radius 1 is 1.38 bits per heavy atom. The number of carbonyl (C=O) groups is 2. The quantitative estimate of drug-likeness (QED) is 0.853. The Bertz CT molecular complexity index is 687. The van der Waals surface area contributed by atoms with Crippen molar-refractivity contribution in [1.82, 2.24) is 10.2 Å². The molecule has 26 heavy (non-hydrogen) atoms. The summed E-state index contributed by atoms with van der Waals surface area (Å²) in [5, 5.41) is 3.06. The molecular formula is C19H25FN2O3S. The van der Waals surface area contributed by atoms with Crippen LogP contribution in [0.5, 0.6) is 0 Å². The van der Waals surface area contributed by atoms with Gasteiger partial charge in [-0.15, -0.1) is 0 Å². The van der Waals surface area contributed by atoms with E-state index in [4.69, 9.17) is 4.74 Å². The summed E-state index contributed by atoms with van der Waals surface area (Å²) in [4.78, 5) is 26.6. The van der Waals surface area contributed by atoms with Crippen molar-refractivity contribution in [3.8, 4) is 0 Å². The lowest BCUT2D eigenvalue weighted by Crippen LogP contribution is -2.56. The predicted molar refractivity (Wildman–Crippen MR) is 99.7 cm³/mol. The fourth-order valence-corrected chi connectivity index (χ4v) is 4.61. The molecule has 0 radical (unpaired) electrons. The fourth-order valence-electron chi connectivity index (χ4n) is 4.26. The van der Waals surface area contributed by atoms with E-state index in [1.165, 1.54) is 23.9 Å². The number of fused-ring (bicyclic) bond motifs is 1. The molecule has 142 valence electrons. The third-order valence-electron chi connectivity index (χ3n) is 5.60. The van der Waals surface area contributed by atoms with E-state index in [-0.39, 0.29) is 29.5 Å². The minimum absolute atomic E-state index is 0.0111. The van der Waals surface area contributed by atoms with Crippen LogP contribution in [0.1, 0.15) is 36.0 Å². The fraction of sp³-hybridized carbons (Fsp3) is 0.579. The van der Waals surface area contributed by atoms with Gasteiger partial charge in [-0.1, -0.05) is 12.1 Å². The van der Waals surface area contributed by atoms with Crippen molar-refractivity contribution in [2.24, 2.45) is 0 Å². The molecule has 2 amide bonds. The van der Waals surface area contributed by atoms with Crippen LogP contribution >= 0.6 is 11.8 Å². The van der Waals surface area contributed by atoms with Gasteiger partial charge < -0.3 is 15.0 Å². The standard InChI is InChI=1S/C19H25FN2O3S/c1-25-19-8-7-13(21-17(23)12-26-2)11-16(19)22(10-9-19)18(24)14-5-3-4-6-15(14)20/h3-6,13,16H,7-12H2,1-2H3,(H,21,23)/t13-,16+,19-/m1/s1. The summed E-state index contributed by atoms with van der Waals surface area (Å²) in [5.41, 5.74) is -0.310. The Kier molecular flexibility index (Phi) is 5.87. The summed E-state index contributed by atoms with van der Waals surface area (Å²) in [6, 6.07) is 5.92.